The Balaban J connectivity index is 2.41. The van der Waals surface area contributed by atoms with Gasteiger partial charge < -0.3 is 10.6 Å². The molecule has 0 saturated carbocycles. The second-order valence-corrected chi connectivity index (χ2v) is 7.14. The summed E-state index contributed by atoms with van der Waals surface area (Å²) in [6.45, 7) is 3.50. The summed E-state index contributed by atoms with van der Waals surface area (Å²) in [5, 5.41) is 17.5. The van der Waals surface area contributed by atoms with Gasteiger partial charge in [0.25, 0.3) is 5.69 Å². The molecule has 0 aliphatic carbocycles. The number of nitro benzene ring substituents is 1. The first-order valence-corrected chi connectivity index (χ1v) is 7.97. The molecule has 1 aliphatic rings. The lowest BCUT2D eigenvalue weighted by Crippen LogP contribution is -2.37. The Labute approximate surface area is 123 Å². The van der Waals surface area contributed by atoms with Crippen LogP contribution in [0.3, 0.4) is 0 Å². The van der Waals surface area contributed by atoms with Gasteiger partial charge in [-0.05, 0) is 39.1 Å². The van der Waals surface area contributed by atoms with Crippen molar-refractivity contribution in [3.63, 3.8) is 0 Å². The van der Waals surface area contributed by atoms with Crippen LogP contribution in [0, 0.1) is 10.1 Å². The maximum Gasteiger partial charge on any atom is 0.293 e. The molecule has 1 atom stereocenters. The van der Waals surface area contributed by atoms with E-state index in [1.807, 2.05) is 6.92 Å². The van der Waals surface area contributed by atoms with Gasteiger partial charge in [0, 0.05) is 18.2 Å². The number of sulfonamides is 1. The highest BCUT2D eigenvalue weighted by atomic mass is 32.2. The van der Waals surface area contributed by atoms with E-state index in [0.29, 0.717) is 12.2 Å². The van der Waals surface area contributed by atoms with E-state index in [9.17, 15) is 18.5 Å². The van der Waals surface area contributed by atoms with Gasteiger partial charge in [-0.25, -0.2) is 13.1 Å². The molecule has 1 aromatic carbocycles. The van der Waals surface area contributed by atoms with E-state index in [1.165, 1.54) is 19.2 Å². The van der Waals surface area contributed by atoms with Crippen molar-refractivity contribution in [3.8, 4) is 0 Å². The molecule has 8 nitrogen and oxygen atoms in total. The van der Waals surface area contributed by atoms with Crippen LogP contribution in [-0.4, -0.2) is 39.0 Å². The maximum absolute atomic E-state index is 11.7. The maximum atomic E-state index is 11.7. The highest BCUT2D eigenvalue weighted by molar-refractivity contribution is 7.89. The third-order valence-corrected chi connectivity index (χ3v) is 4.96. The standard InChI is InChI=1S/C12H18N4O4S/c1-12(5-6-14-8-12)15-10-4-3-9(21(19,20)13-2)7-11(10)16(17)18/h3-4,7,13-15H,5-6,8H2,1-2H3. The lowest BCUT2D eigenvalue weighted by atomic mass is 10.0. The molecule has 3 N–H and O–H groups in total. The number of nitro groups is 1. The summed E-state index contributed by atoms with van der Waals surface area (Å²) in [6, 6.07) is 3.86. The Morgan fingerprint density at radius 3 is 2.67 bits per heavy atom. The highest BCUT2D eigenvalue weighted by Gasteiger charge is 2.31. The molecule has 1 heterocycles. The minimum absolute atomic E-state index is 0.128. The van der Waals surface area contributed by atoms with Crippen LogP contribution in [-0.2, 0) is 10.0 Å². The van der Waals surface area contributed by atoms with Crippen molar-refractivity contribution in [2.75, 3.05) is 25.5 Å². The molecule has 1 saturated heterocycles. The van der Waals surface area contributed by atoms with Crippen LogP contribution < -0.4 is 15.4 Å². The number of nitrogens with one attached hydrogen (secondary N) is 3. The molecule has 1 unspecified atom stereocenters. The summed E-state index contributed by atoms with van der Waals surface area (Å²) in [5.74, 6) is 0. The third-order valence-electron chi connectivity index (χ3n) is 3.55. The quantitative estimate of drug-likeness (QED) is 0.544. The van der Waals surface area contributed by atoms with Crippen LogP contribution in [0.2, 0.25) is 0 Å². The van der Waals surface area contributed by atoms with Crippen LogP contribution in [0.4, 0.5) is 11.4 Å². The zero-order chi connectivity index (χ0) is 15.7. The minimum Gasteiger partial charge on any atom is -0.373 e. The van der Waals surface area contributed by atoms with Crippen molar-refractivity contribution in [2.24, 2.45) is 0 Å². The summed E-state index contributed by atoms with van der Waals surface area (Å²) < 4.78 is 25.6. The number of hydrogen-bond donors (Lipinski definition) is 3. The number of nitrogens with zero attached hydrogens (tertiary/aromatic N) is 1. The average Bonchev–Trinajstić information content (AvgIpc) is 2.85. The van der Waals surface area contributed by atoms with E-state index in [2.05, 4.69) is 15.4 Å². The van der Waals surface area contributed by atoms with Gasteiger partial charge >= 0.3 is 0 Å². The third kappa shape index (κ3) is 3.31. The summed E-state index contributed by atoms with van der Waals surface area (Å²) in [4.78, 5) is 10.5. The lowest BCUT2D eigenvalue weighted by Gasteiger charge is -2.25. The molecule has 9 heteroatoms. The van der Waals surface area contributed by atoms with Crippen molar-refractivity contribution >= 4 is 21.4 Å². The molecule has 0 spiro atoms. The van der Waals surface area contributed by atoms with Crippen LogP contribution in [0.5, 0.6) is 0 Å². The summed E-state index contributed by atoms with van der Waals surface area (Å²) in [6.07, 6.45) is 0.834. The molecule has 21 heavy (non-hydrogen) atoms. The second kappa shape index (κ2) is 5.58. The van der Waals surface area contributed by atoms with Crippen LogP contribution in [0.15, 0.2) is 23.1 Å². The monoisotopic (exact) mass is 314 g/mol. The predicted molar refractivity (Wildman–Crippen MR) is 78.9 cm³/mol. The van der Waals surface area contributed by atoms with Crippen molar-refractivity contribution in [1.82, 2.24) is 10.0 Å². The lowest BCUT2D eigenvalue weighted by molar-refractivity contribution is -0.384. The average molecular weight is 314 g/mol. The van der Waals surface area contributed by atoms with Crippen molar-refractivity contribution in [2.45, 2.75) is 23.8 Å². The zero-order valence-electron chi connectivity index (χ0n) is 11.8. The molecule has 1 aromatic rings. The van der Waals surface area contributed by atoms with Gasteiger partial charge in [0.1, 0.15) is 5.69 Å². The normalized spacial score (nSPS) is 22.2. The van der Waals surface area contributed by atoms with E-state index in [-0.39, 0.29) is 16.1 Å². The first-order valence-electron chi connectivity index (χ1n) is 6.48. The van der Waals surface area contributed by atoms with Crippen LogP contribution in [0.1, 0.15) is 13.3 Å². The molecular formula is C12H18N4O4S. The van der Waals surface area contributed by atoms with E-state index < -0.39 is 14.9 Å². The van der Waals surface area contributed by atoms with Gasteiger partial charge in [0.2, 0.25) is 10.0 Å². The molecule has 0 amide bonds. The fraction of sp³-hybridized carbons (Fsp3) is 0.500. The smallest absolute Gasteiger partial charge is 0.293 e. The molecule has 1 fully saturated rings. The zero-order valence-corrected chi connectivity index (χ0v) is 12.7. The second-order valence-electron chi connectivity index (χ2n) is 5.26. The Morgan fingerprint density at radius 1 is 1.43 bits per heavy atom. The number of rotatable bonds is 5. The fourth-order valence-electron chi connectivity index (χ4n) is 2.30. The van der Waals surface area contributed by atoms with Gasteiger partial charge in [-0.2, -0.15) is 0 Å². The molecular weight excluding hydrogens is 296 g/mol. The topological polar surface area (TPSA) is 113 Å². The molecule has 0 radical (unpaired) electrons. The van der Waals surface area contributed by atoms with Crippen LogP contribution in [0.25, 0.3) is 0 Å². The van der Waals surface area contributed by atoms with Crippen LogP contribution >= 0.6 is 0 Å². The van der Waals surface area contributed by atoms with Crippen molar-refractivity contribution in [3.05, 3.63) is 28.3 Å². The SMILES string of the molecule is CNS(=O)(=O)c1ccc(NC2(C)CCNC2)c([N+](=O)[O-])c1. The first kappa shape index (κ1) is 15.7. The molecule has 1 aliphatic heterocycles. The van der Waals surface area contributed by atoms with Gasteiger partial charge in [-0.3, -0.25) is 10.1 Å². The van der Waals surface area contributed by atoms with Gasteiger partial charge in [0.15, 0.2) is 0 Å². The first-order chi connectivity index (χ1) is 9.77. The molecule has 0 aromatic heterocycles. The number of hydrogen-bond acceptors (Lipinski definition) is 6. The van der Waals surface area contributed by atoms with E-state index in [4.69, 9.17) is 0 Å². The summed E-state index contributed by atoms with van der Waals surface area (Å²) in [5.41, 5.74) is -0.213. The van der Waals surface area contributed by atoms with E-state index >= 15 is 0 Å². The Kier molecular flexibility index (Phi) is 4.17. The highest BCUT2D eigenvalue weighted by Crippen LogP contribution is 2.31. The van der Waals surface area contributed by atoms with Crippen molar-refractivity contribution < 1.29 is 13.3 Å². The summed E-state index contributed by atoms with van der Waals surface area (Å²) >= 11 is 0. The predicted octanol–water partition coefficient (Wildman–Crippen LogP) is 0.667. The van der Waals surface area contributed by atoms with Gasteiger partial charge in [-0.1, -0.05) is 0 Å². The molecule has 116 valence electrons. The van der Waals surface area contributed by atoms with Gasteiger partial charge in [0.05, 0.1) is 9.82 Å². The Morgan fingerprint density at radius 2 is 2.14 bits per heavy atom. The van der Waals surface area contributed by atoms with E-state index in [1.54, 1.807) is 0 Å². The largest absolute Gasteiger partial charge is 0.373 e. The fourth-order valence-corrected chi connectivity index (χ4v) is 3.05. The number of anilines is 1. The molecule has 2 rings (SSSR count). The summed E-state index contributed by atoms with van der Waals surface area (Å²) in [7, 11) is -2.45. The Bertz CT molecular complexity index is 653. The minimum atomic E-state index is -3.71. The number of benzene rings is 1. The van der Waals surface area contributed by atoms with E-state index in [0.717, 1.165) is 19.0 Å². The Hall–Kier alpha value is -1.71. The van der Waals surface area contributed by atoms with Gasteiger partial charge in [-0.15, -0.1) is 0 Å². The van der Waals surface area contributed by atoms with Crippen molar-refractivity contribution in [1.29, 1.82) is 0 Å². The molecule has 0 bridgehead atoms.